The molecular weight excluding hydrogens is 250 g/mol. The van der Waals surface area contributed by atoms with Crippen molar-refractivity contribution in [1.29, 1.82) is 0 Å². The Morgan fingerprint density at radius 2 is 2.11 bits per heavy atom. The summed E-state index contributed by atoms with van der Waals surface area (Å²) in [6, 6.07) is 1.26. The highest BCUT2D eigenvalue weighted by molar-refractivity contribution is 7.14. The van der Waals surface area contributed by atoms with Crippen LogP contribution in [0, 0.1) is 6.92 Å². The summed E-state index contributed by atoms with van der Waals surface area (Å²) in [5, 5.41) is 2.64. The molecule has 0 bridgehead atoms. The van der Waals surface area contributed by atoms with Gasteiger partial charge in [-0.15, -0.1) is 11.3 Å². The molecule has 18 heavy (non-hydrogen) atoms. The maximum Gasteiger partial charge on any atom is 0.328 e. The Labute approximate surface area is 111 Å². The van der Waals surface area contributed by atoms with Gasteiger partial charge in [-0.25, -0.2) is 4.79 Å². The number of esters is 1. The Bertz CT molecular complexity index is 439. The Morgan fingerprint density at radius 1 is 1.44 bits per heavy atom. The second kappa shape index (κ2) is 6.54. The van der Waals surface area contributed by atoms with Gasteiger partial charge < -0.3 is 10.1 Å². The van der Waals surface area contributed by atoms with Crippen molar-refractivity contribution in [1.82, 2.24) is 5.32 Å². The summed E-state index contributed by atoms with van der Waals surface area (Å²) >= 11 is 1.45. The van der Waals surface area contributed by atoms with E-state index in [2.05, 4.69) is 12.2 Å². The Balaban J connectivity index is 2.67. The molecule has 0 aliphatic heterocycles. The lowest BCUT2D eigenvalue weighted by Crippen LogP contribution is -2.39. The minimum Gasteiger partial charge on any atom is -0.464 e. The van der Waals surface area contributed by atoms with Crippen molar-refractivity contribution >= 4 is 23.2 Å². The van der Waals surface area contributed by atoms with E-state index in [4.69, 9.17) is 4.74 Å². The smallest absolute Gasteiger partial charge is 0.328 e. The highest BCUT2D eigenvalue weighted by atomic mass is 32.1. The topological polar surface area (TPSA) is 55.4 Å². The number of hydrogen-bond acceptors (Lipinski definition) is 4. The van der Waals surface area contributed by atoms with Gasteiger partial charge in [-0.05, 0) is 38.8 Å². The van der Waals surface area contributed by atoms with Gasteiger partial charge in [-0.2, -0.15) is 0 Å². The third-order valence-corrected chi connectivity index (χ3v) is 3.70. The summed E-state index contributed by atoms with van der Waals surface area (Å²) in [7, 11) is 0. The molecule has 1 N–H and O–H groups in total. The van der Waals surface area contributed by atoms with Gasteiger partial charge in [0.1, 0.15) is 6.04 Å². The fourth-order valence-corrected chi connectivity index (χ4v) is 2.59. The van der Waals surface area contributed by atoms with Crippen molar-refractivity contribution in [2.24, 2.45) is 0 Å². The second-order valence-corrected chi connectivity index (χ2v) is 5.25. The second-order valence-electron chi connectivity index (χ2n) is 3.99. The Morgan fingerprint density at radius 3 is 2.61 bits per heavy atom. The van der Waals surface area contributed by atoms with Crippen molar-refractivity contribution in [2.45, 2.75) is 40.2 Å². The lowest BCUT2D eigenvalue weighted by atomic mass is 10.2. The van der Waals surface area contributed by atoms with Crippen LogP contribution < -0.4 is 5.32 Å². The zero-order valence-electron chi connectivity index (χ0n) is 11.2. The van der Waals surface area contributed by atoms with E-state index < -0.39 is 12.0 Å². The largest absolute Gasteiger partial charge is 0.464 e. The number of thiophene rings is 1. The summed E-state index contributed by atoms with van der Waals surface area (Å²) in [5.41, 5.74) is 1.17. The van der Waals surface area contributed by atoms with Gasteiger partial charge in [0.15, 0.2) is 0 Å². The molecule has 1 aromatic heterocycles. The van der Waals surface area contributed by atoms with Crippen molar-refractivity contribution < 1.29 is 14.3 Å². The van der Waals surface area contributed by atoms with Crippen LogP contribution in [0.5, 0.6) is 0 Å². The first kappa shape index (κ1) is 14.7. The molecule has 1 unspecified atom stereocenters. The fourth-order valence-electron chi connectivity index (χ4n) is 1.58. The first-order valence-electron chi connectivity index (χ1n) is 6.06. The van der Waals surface area contributed by atoms with Crippen molar-refractivity contribution in [3.8, 4) is 0 Å². The van der Waals surface area contributed by atoms with Gasteiger partial charge in [0.25, 0.3) is 5.91 Å². The maximum absolute atomic E-state index is 11.9. The SMILES string of the molecule is CCOC(=O)C(C)NC(=O)c1cc(CC)c(C)s1. The van der Waals surface area contributed by atoms with Crippen LogP contribution in [-0.2, 0) is 16.0 Å². The summed E-state index contributed by atoms with van der Waals surface area (Å²) < 4.78 is 4.84. The highest BCUT2D eigenvalue weighted by Gasteiger charge is 2.19. The van der Waals surface area contributed by atoms with Crippen LogP contribution in [-0.4, -0.2) is 24.5 Å². The molecule has 0 radical (unpaired) electrons. The summed E-state index contributed by atoms with van der Waals surface area (Å²) in [4.78, 5) is 25.1. The first-order chi connectivity index (χ1) is 8.49. The number of carbonyl (C=O) groups excluding carboxylic acids is 2. The van der Waals surface area contributed by atoms with Gasteiger partial charge in [0.05, 0.1) is 11.5 Å². The number of nitrogens with one attached hydrogen (secondary N) is 1. The molecule has 1 heterocycles. The lowest BCUT2D eigenvalue weighted by Gasteiger charge is -2.11. The zero-order chi connectivity index (χ0) is 13.7. The quantitative estimate of drug-likeness (QED) is 0.834. The number of aryl methyl sites for hydroxylation is 2. The molecule has 5 heteroatoms. The molecule has 1 atom stereocenters. The van der Waals surface area contributed by atoms with Crippen LogP contribution in [0.25, 0.3) is 0 Å². The van der Waals surface area contributed by atoms with E-state index in [0.29, 0.717) is 11.5 Å². The molecule has 4 nitrogen and oxygen atoms in total. The number of ether oxygens (including phenoxy) is 1. The molecule has 1 amide bonds. The highest BCUT2D eigenvalue weighted by Crippen LogP contribution is 2.21. The third-order valence-electron chi connectivity index (χ3n) is 2.61. The van der Waals surface area contributed by atoms with Crippen LogP contribution in [0.1, 0.15) is 40.9 Å². The number of carbonyl (C=O) groups is 2. The minimum absolute atomic E-state index is 0.219. The molecule has 1 aromatic rings. The van der Waals surface area contributed by atoms with Crippen LogP contribution >= 0.6 is 11.3 Å². The molecule has 0 fully saturated rings. The van der Waals surface area contributed by atoms with Crippen LogP contribution in [0.15, 0.2) is 6.07 Å². The van der Waals surface area contributed by atoms with Gasteiger partial charge in [0, 0.05) is 4.88 Å². The van der Waals surface area contributed by atoms with Crippen molar-refractivity contribution in [3.05, 3.63) is 21.4 Å². The monoisotopic (exact) mass is 269 g/mol. The van der Waals surface area contributed by atoms with E-state index in [-0.39, 0.29) is 5.91 Å². The number of amides is 1. The lowest BCUT2D eigenvalue weighted by molar-refractivity contribution is -0.144. The summed E-state index contributed by atoms with van der Waals surface area (Å²) in [5.74, 6) is -0.627. The molecule has 0 saturated heterocycles. The standard InChI is InChI=1S/C13H19NO3S/c1-5-10-7-11(18-9(10)4)12(15)14-8(3)13(16)17-6-2/h7-8H,5-6H2,1-4H3,(H,14,15). The van der Waals surface area contributed by atoms with E-state index in [0.717, 1.165) is 11.3 Å². The predicted octanol–water partition coefficient (Wildman–Crippen LogP) is 2.30. The van der Waals surface area contributed by atoms with Crippen LogP contribution in [0.2, 0.25) is 0 Å². The van der Waals surface area contributed by atoms with Gasteiger partial charge in [-0.1, -0.05) is 6.92 Å². The normalized spacial score (nSPS) is 12.0. The molecule has 1 rings (SSSR count). The van der Waals surface area contributed by atoms with Crippen molar-refractivity contribution in [2.75, 3.05) is 6.61 Å². The number of hydrogen-bond donors (Lipinski definition) is 1. The maximum atomic E-state index is 11.9. The molecule has 0 aliphatic carbocycles. The third kappa shape index (κ3) is 3.57. The van der Waals surface area contributed by atoms with E-state index in [1.807, 2.05) is 13.0 Å². The zero-order valence-corrected chi connectivity index (χ0v) is 12.0. The molecule has 0 saturated carbocycles. The average molecular weight is 269 g/mol. The first-order valence-corrected chi connectivity index (χ1v) is 6.88. The van der Waals surface area contributed by atoms with Crippen molar-refractivity contribution in [3.63, 3.8) is 0 Å². The van der Waals surface area contributed by atoms with E-state index in [9.17, 15) is 9.59 Å². The number of rotatable bonds is 5. The van der Waals surface area contributed by atoms with Gasteiger partial charge >= 0.3 is 5.97 Å². The van der Waals surface area contributed by atoms with E-state index in [1.54, 1.807) is 13.8 Å². The molecular formula is C13H19NO3S. The minimum atomic E-state index is -0.620. The Kier molecular flexibility index (Phi) is 5.34. The van der Waals surface area contributed by atoms with Crippen LogP contribution in [0.4, 0.5) is 0 Å². The van der Waals surface area contributed by atoms with E-state index >= 15 is 0 Å². The van der Waals surface area contributed by atoms with Gasteiger partial charge in [-0.3, -0.25) is 4.79 Å². The van der Waals surface area contributed by atoms with E-state index in [1.165, 1.54) is 16.9 Å². The summed E-state index contributed by atoms with van der Waals surface area (Å²) in [6.07, 6.45) is 0.906. The van der Waals surface area contributed by atoms with Crippen LogP contribution in [0.3, 0.4) is 0 Å². The fraction of sp³-hybridized carbons (Fsp3) is 0.538. The summed E-state index contributed by atoms with van der Waals surface area (Å²) in [6.45, 7) is 7.73. The Hall–Kier alpha value is -1.36. The average Bonchev–Trinajstić information content (AvgIpc) is 2.70. The van der Waals surface area contributed by atoms with Gasteiger partial charge in [0.2, 0.25) is 0 Å². The molecule has 100 valence electrons. The molecule has 0 spiro atoms. The molecule has 0 aromatic carbocycles. The predicted molar refractivity (Wildman–Crippen MR) is 72.0 cm³/mol. The molecule has 0 aliphatic rings.